The van der Waals surface area contributed by atoms with Crippen LogP contribution in [-0.2, 0) is 9.47 Å². The zero-order valence-electron chi connectivity index (χ0n) is 21.8. The molecule has 4 aromatic rings. The highest BCUT2D eigenvalue weighted by molar-refractivity contribution is 7.18. The summed E-state index contributed by atoms with van der Waals surface area (Å²) in [4.78, 5) is 43.2. The Morgan fingerprint density at radius 1 is 0.947 bits per heavy atom. The van der Waals surface area contributed by atoms with Gasteiger partial charge in [-0.25, -0.2) is 19.1 Å². The third-order valence-electron chi connectivity index (χ3n) is 5.61. The number of benzene rings is 1. The first-order chi connectivity index (χ1) is 18.3. The number of ether oxygens (including phenoxy) is 3. The van der Waals surface area contributed by atoms with Crippen molar-refractivity contribution in [2.45, 2.75) is 34.6 Å². The maximum atomic E-state index is 13.2. The SMILES string of the molecule is CCOC(=O)c1sc(NC(=O)c2cc3nc(-c4ccc(OCC)cc4)cc(C)n3n2)c(C(=O)OCC)c1C. The van der Waals surface area contributed by atoms with Gasteiger partial charge < -0.3 is 19.5 Å². The minimum Gasteiger partial charge on any atom is -0.494 e. The monoisotopic (exact) mass is 536 g/mol. The van der Waals surface area contributed by atoms with Crippen molar-refractivity contribution in [2.24, 2.45) is 0 Å². The van der Waals surface area contributed by atoms with Crippen LogP contribution in [0.5, 0.6) is 5.75 Å². The summed E-state index contributed by atoms with van der Waals surface area (Å²) < 4.78 is 17.3. The fourth-order valence-electron chi connectivity index (χ4n) is 3.88. The second-order valence-electron chi connectivity index (χ2n) is 8.20. The van der Waals surface area contributed by atoms with Crippen LogP contribution >= 0.6 is 11.3 Å². The number of nitrogens with zero attached hydrogens (tertiary/aromatic N) is 3. The lowest BCUT2D eigenvalue weighted by Gasteiger charge is -2.06. The summed E-state index contributed by atoms with van der Waals surface area (Å²) in [7, 11) is 0. The lowest BCUT2D eigenvalue weighted by Crippen LogP contribution is -2.15. The van der Waals surface area contributed by atoms with Crippen molar-refractivity contribution in [3.8, 4) is 17.0 Å². The van der Waals surface area contributed by atoms with E-state index in [9.17, 15) is 14.4 Å². The number of rotatable bonds is 9. The van der Waals surface area contributed by atoms with Gasteiger partial charge in [0.25, 0.3) is 5.91 Å². The Hall–Kier alpha value is -4.25. The number of aryl methyl sites for hydroxylation is 1. The molecule has 11 heteroatoms. The number of amides is 1. The largest absolute Gasteiger partial charge is 0.494 e. The van der Waals surface area contributed by atoms with E-state index in [1.54, 1.807) is 31.4 Å². The van der Waals surface area contributed by atoms with E-state index in [0.717, 1.165) is 34.0 Å². The van der Waals surface area contributed by atoms with Crippen molar-refractivity contribution in [1.82, 2.24) is 14.6 Å². The predicted octanol–water partition coefficient (Wildman–Crippen LogP) is 5.08. The lowest BCUT2D eigenvalue weighted by atomic mass is 10.1. The van der Waals surface area contributed by atoms with Gasteiger partial charge >= 0.3 is 11.9 Å². The van der Waals surface area contributed by atoms with Gasteiger partial charge in [-0.3, -0.25) is 4.79 Å². The maximum absolute atomic E-state index is 13.2. The summed E-state index contributed by atoms with van der Waals surface area (Å²) in [6.45, 7) is 9.69. The Morgan fingerprint density at radius 2 is 1.63 bits per heavy atom. The fraction of sp³-hybridized carbons (Fsp3) is 0.296. The molecule has 0 bridgehead atoms. The standard InChI is InChI=1S/C27H28N4O6S/c1-6-35-18-11-9-17(10-12-18)19-13-15(4)31-21(28-19)14-20(30-31)24(32)29-25-22(26(33)36-7-2)16(5)23(38-25)27(34)37-8-3/h9-14H,6-8H2,1-5H3,(H,29,32). The Kier molecular flexibility index (Phi) is 8.06. The summed E-state index contributed by atoms with van der Waals surface area (Å²) in [6, 6.07) is 11.0. The second kappa shape index (κ2) is 11.4. The molecule has 3 heterocycles. The van der Waals surface area contributed by atoms with E-state index in [1.807, 2.05) is 44.2 Å². The molecule has 0 aliphatic rings. The Morgan fingerprint density at radius 3 is 2.29 bits per heavy atom. The van der Waals surface area contributed by atoms with Crippen molar-refractivity contribution in [2.75, 3.05) is 25.1 Å². The number of hydrogen-bond donors (Lipinski definition) is 1. The number of aromatic nitrogens is 3. The smallest absolute Gasteiger partial charge is 0.348 e. The van der Waals surface area contributed by atoms with Gasteiger partial charge in [0.2, 0.25) is 0 Å². The fourth-order valence-corrected chi connectivity index (χ4v) is 4.97. The van der Waals surface area contributed by atoms with E-state index in [1.165, 1.54) is 0 Å². The summed E-state index contributed by atoms with van der Waals surface area (Å²) in [5.74, 6) is -0.996. The molecule has 0 aliphatic heterocycles. The number of nitrogens with one attached hydrogen (secondary N) is 1. The van der Waals surface area contributed by atoms with Gasteiger partial charge in [-0.1, -0.05) is 0 Å². The molecule has 10 nitrogen and oxygen atoms in total. The zero-order chi connectivity index (χ0) is 27.4. The number of carbonyl (C=O) groups is 3. The van der Waals surface area contributed by atoms with E-state index < -0.39 is 17.8 Å². The summed E-state index contributed by atoms with van der Waals surface area (Å²) in [5, 5.41) is 7.31. The van der Waals surface area contributed by atoms with Crippen LogP contribution in [0.4, 0.5) is 5.00 Å². The van der Waals surface area contributed by atoms with E-state index >= 15 is 0 Å². The van der Waals surface area contributed by atoms with Crippen LogP contribution in [0.1, 0.15) is 62.5 Å². The molecule has 4 rings (SSSR count). The maximum Gasteiger partial charge on any atom is 0.348 e. The topological polar surface area (TPSA) is 121 Å². The summed E-state index contributed by atoms with van der Waals surface area (Å²) >= 11 is 0.958. The molecular weight excluding hydrogens is 508 g/mol. The first kappa shape index (κ1) is 26.8. The van der Waals surface area contributed by atoms with Crippen molar-refractivity contribution < 1.29 is 28.6 Å². The zero-order valence-corrected chi connectivity index (χ0v) is 22.6. The Balaban J connectivity index is 1.66. The van der Waals surface area contributed by atoms with E-state index in [2.05, 4.69) is 15.4 Å². The van der Waals surface area contributed by atoms with Crippen LogP contribution in [0.3, 0.4) is 0 Å². The quantitative estimate of drug-likeness (QED) is 0.294. The van der Waals surface area contributed by atoms with Crippen molar-refractivity contribution >= 4 is 39.8 Å². The molecule has 0 saturated heterocycles. The van der Waals surface area contributed by atoms with E-state index in [-0.39, 0.29) is 34.3 Å². The summed E-state index contributed by atoms with van der Waals surface area (Å²) in [5.41, 5.74) is 3.48. The van der Waals surface area contributed by atoms with Crippen LogP contribution in [-0.4, -0.2) is 52.3 Å². The Bertz CT molecular complexity index is 1510. The highest BCUT2D eigenvalue weighted by Gasteiger charge is 2.28. The molecular formula is C27H28N4O6S. The van der Waals surface area contributed by atoms with Gasteiger partial charge in [0.15, 0.2) is 11.3 Å². The molecule has 0 saturated carbocycles. The molecule has 198 valence electrons. The molecule has 0 spiro atoms. The number of esters is 2. The van der Waals surface area contributed by atoms with Crippen LogP contribution in [0.2, 0.25) is 0 Å². The minimum atomic E-state index is -0.639. The highest BCUT2D eigenvalue weighted by atomic mass is 32.1. The van der Waals surface area contributed by atoms with Crippen LogP contribution in [0.15, 0.2) is 36.4 Å². The lowest BCUT2D eigenvalue weighted by molar-refractivity contribution is 0.0527. The molecule has 0 aliphatic carbocycles. The van der Waals surface area contributed by atoms with E-state index in [0.29, 0.717) is 17.8 Å². The second-order valence-corrected chi connectivity index (χ2v) is 9.22. The number of anilines is 1. The molecule has 0 unspecified atom stereocenters. The number of fused-ring (bicyclic) bond motifs is 1. The van der Waals surface area contributed by atoms with Gasteiger partial charge in [0, 0.05) is 17.3 Å². The van der Waals surface area contributed by atoms with Gasteiger partial charge in [0.05, 0.1) is 31.1 Å². The van der Waals surface area contributed by atoms with Crippen molar-refractivity contribution in [1.29, 1.82) is 0 Å². The number of thiophene rings is 1. The first-order valence-electron chi connectivity index (χ1n) is 12.2. The molecule has 38 heavy (non-hydrogen) atoms. The molecule has 1 N–H and O–H groups in total. The molecule has 1 aromatic carbocycles. The average molecular weight is 537 g/mol. The third-order valence-corrected chi connectivity index (χ3v) is 6.80. The normalized spacial score (nSPS) is 10.9. The predicted molar refractivity (Wildman–Crippen MR) is 143 cm³/mol. The number of hydrogen-bond acceptors (Lipinski definition) is 9. The molecule has 0 fully saturated rings. The van der Waals surface area contributed by atoms with Gasteiger partial charge in [-0.2, -0.15) is 5.10 Å². The molecule has 0 radical (unpaired) electrons. The Labute approximate surface area is 223 Å². The van der Waals surface area contributed by atoms with Crippen LogP contribution in [0.25, 0.3) is 16.9 Å². The van der Waals surface area contributed by atoms with E-state index in [4.69, 9.17) is 14.2 Å². The molecule has 0 atom stereocenters. The van der Waals surface area contributed by atoms with Crippen molar-refractivity contribution in [3.05, 3.63) is 63.8 Å². The minimum absolute atomic E-state index is 0.1000. The third kappa shape index (κ3) is 5.37. The first-order valence-corrected chi connectivity index (χ1v) is 13.0. The van der Waals surface area contributed by atoms with Crippen LogP contribution in [0, 0.1) is 13.8 Å². The van der Waals surface area contributed by atoms with Crippen molar-refractivity contribution in [3.63, 3.8) is 0 Å². The highest BCUT2D eigenvalue weighted by Crippen LogP contribution is 2.34. The molecule has 1 amide bonds. The average Bonchev–Trinajstić information content (AvgIpc) is 3.46. The van der Waals surface area contributed by atoms with Gasteiger partial charge in [-0.15, -0.1) is 11.3 Å². The summed E-state index contributed by atoms with van der Waals surface area (Å²) in [6.07, 6.45) is 0. The van der Waals surface area contributed by atoms with Gasteiger partial charge in [-0.05, 0) is 70.5 Å². The molecule has 3 aromatic heterocycles. The van der Waals surface area contributed by atoms with Crippen LogP contribution < -0.4 is 10.1 Å². The number of carbonyl (C=O) groups excluding carboxylic acids is 3. The van der Waals surface area contributed by atoms with Gasteiger partial charge in [0.1, 0.15) is 15.6 Å².